The van der Waals surface area contributed by atoms with Crippen LogP contribution in [-0.4, -0.2) is 22.1 Å². The van der Waals surface area contributed by atoms with Gasteiger partial charge in [0.15, 0.2) is 5.69 Å². The second kappa shape index (κ2) is 6.82. The summed E-state index contributed by atoms with van der Waals surface area (Å²) < 4.78 is 0.990. The first-order valence-corrected chi connectivity index (χ1v) is 8.02. The van der Waals surface area contributed by atoms with Crippen LogP contribution >= 0.6 is 38.6 Å². The first-order valence-electron chi connectivity index (χ1n) is 5.47. The lowest BCUT2D eigenvalue weighted by Crippen LogP contribution is -2.34. The number of aromatic nitrogens is 1. The van der Waals surface area contributed by atoms with E-state index in [9.17, 15) is 9.59 Å². The van der Waals surface area contributed by atoms with Gasteiger partial charge in [0, 0.05) is 20.1 Å². The maximum atomic E-state index is 11.6. The van der Waals surface area contributed by atoms with Gasteiger partial charge in [-0.15, -0.1) is 22.7 Å². The van der Waals surface area contributed by atoms with Crippen LogP contribution in [0.4, 0.5) is 4.79 Å². The molecule has 0 saturated carbocycles. The van der Waals surface area contributed by atoms with E-state index in [1.165, 1.54) is 16.7 Å². The minimum absolute atomic E-state index is 0.00403. The lowest BCUT2D eigenvalue weighted by Gasteiger charge is -2.04. The van der Waals surface area contributed by atoms with E-state index in [0.29, 0.717) is 11.6 Å². The SMILES string of the molecule is O=C(NCc1cc(Br)cs1)NCc1nc(C(=O)O)cs1. The van der Waals surface area contributed by atoms with Gasteiger partial charge in [-0.2, -0.15) is 0 Å². The van der Waals surface area contributed by atoms with E-state index in [-0.39, 0.29) is 18.3 Å². The van der Waals surface area contributed by atoms with Gasteiger partial charge >= 0.3 is 12.0 Å². The number of hydrogen-bond donors (Lipinski definition) is 3. The van der Waals surface area contributed by atoms with Gasteiger partial charge in [0.1, 0.15) is 5.01 Å². The number of hydrogen-bond acceptors (Lipinski definition) is 5. The van der Waals surface area contributed by atoms with Crippen molar-refractivity contribution >= 4 is 50.6 Å². The summed E-state index contributed by atoms with van der Waals surface area (Å²) in [7, 11) is 0. The number of halogens is 1. The summed E-state index contributed by atoms with van der Waals surface area (Å²) in [6, 6.07) is 1.62. The van der Waals surface area contributed by atoms with Crippen LogP contribution in [0.2, 0.25) is 0 Å². The summed E-state index contributed by atoms with van der Waals surface area (Å²) >= 11 is 6.09. The second-order valence-corrected chi connectivity index (χ2v) is 6.55. The topological polar surface area (TPSA) is 91.3 Å². The molecular formula is C11H10BrN3O3S2. The van der Waals surface area contributed by atoms with Gasteiger partial charge in [0.05, 0.1) is 13.1 Å². The fraction of sp³-hybridized carbons (Fsp3) is 0.182. The lowest BCUT2D eigenvalue weighted by atomic mass is 10.5. The molecule has 0 fully saturated rings. The minimum atomic E-state index is -1.07. The van der Waals surface area contributed by atoms with Gasteiger partial charge in [-0.25, -0.2) is 14.6 Å². The van der Waals surface area contributed by atoms with E-state index in [1.54, 1.807) is 11.3 Å². The van der Waals surface area contributed by atoms with Crippen LogP contribution in [0, 0.1) is 0 Å². The number of carbonyl (C=O) groups is 2. The van der Waals surface area contributed by atoms with Crippen LogP contribution in [0.15, 0.2) is 21.3 Å². The van der Waals surface area contributed by atoms with E-state index < -0.39 is 5.97 Å². The molecule has 106 valence electrons. The molecule has 3 N–H and O–H groups in total. The van der Waals surface area contributed by atoms with Crippen molar-refractivity contribution in [3.8, 4) is 0 Å². The summed E-state index contributed by atoms with van der Waals surface area (Å²) in [4.78, 5) is 27.1. The number of nitrogens with one attached hydrogen (secondary N) is 2. The van der Waals surface area contributed by atoms with Gasteiger partial charge < -0.3 is 15.7 Å². The van der Waals surface area contributed by atoms with Crippen LogP contribution in [0.5, 0.6) is 0 Å². The molecule has 0 aliphatic heterocycles. The number of rotatable bonds is 5. The molecule has 9 heteroatoms. The number of thiophene rings is 1. The fourth-order valence-electron chi connectivity index (χ4n) is 1.32. The Morgan fingerprint density at radius 3 is 2.60 bits per heavy atom. The quantitative estimate of drug-likeness (QED) is 0.748. The van der Waals surface area contributed by atoms with Gasteiger partial charge in [-0.3, -0.25) is 0 Å². The molecule has 0 saturated heterocycles. The smallest absolute Gasteiger partial charge is 0.355 e. The summed E-state index contributed by atoms with van der Waals surface area (Å²) in [6.45, 7) is 0.651. The molecule has 0 atom stereocenters. The molecule has 0 aliphatic carbocycles. The molecule has 20 heavy (non-hydrogen) atoms. The molecule has 2 amide bonds. The number of carboxylic acid groups (broad SMARTS) is 1. The van der Waals surface area contributed by atoms with E-state index in [1.807, 2.05) is 11.4 Å². The van der Waals surface area contributed by atoms with Gasteiger partial charge in [-0.05, 0) is 22.0 Å². The predicted octanol–water partition coefficient (Wildman–Crippen LogP) is 2.66. The Morgan fingerprint density at radius 2 is 2.00 bits per heavy atom. The highest BCUT2D eigenvalue weighted by Crippen LogP contribution is 2.19. The average Bonchev–Trinajstić information content (AvgIpc) is 3.03. The molecule has 0 spiro atoms. The zero-order chi connectivity index (χ0) is 14.5. The molecule has 2 rings (SSSR count). The largest absolute Gasteiger partial charge is 0.476 e. The van der Waals surface area contributed by atoms with Gasteiger partial charge in [-0.1, -0.05) is 0 Å². The van der Waals surface area contributed by atoms with E-state index >= 15 is 0 Å². The van der Waals surface area contributed by atoms with Gasteiger partial charge in [0.2, 0.25) is 0 Å². The first kappa shape index (κ1) is 14.9. The number of nitrogens with zero attached hydrogens (tertiary/aromatic N) is 1. The molecule has 6 nitrogen and oxygen atoms in total. The molecule has 0 aromatic carbocycles. The zero-order valence-electron chi connectivity index (χ0n) is 10.1. The second-order valence-electron chi connectivity index (χ2n) is 3.70. The third kappa shape index (κ3) is 4.29. The molecule has 0 unspecified atom stereocenters. The predicted molar refractivity (Wildman–Crippen MR) is 80.2 cm³/mol. The van der Waals surface area contributed by atoms with Crippen molar-refractivity contribution in [1.29, 1.82) is 0 Å². The Labute approximate surface area is 131 Å². The van der Waals surface area contributed by atoms with Crippen LogP contribution in [0.1, 0.15) is 20.4 Å². The highest BCUT2D eigenvalue weighted by atomic mass is 79.9. The molecule has 0 radical (unpaired) electrons. The third-order valence-corrected chi connectivity index (χ3v) is 4.76. The molecule has 0 bridgehead atoms. The minimum Gasteiger partial charge on any atom is -0.476 e. The average molecular weight is 376 g/mol. The van der Waals surface area contributed by atoms with Crippen molar-refractivity contribution in [3.05, 3.63) is 36.9 Å². The van der Waals surface area contributed by atoms with Crippen molar-refractivity contribution in [2.45, 2.75) is 13.1 Å². The number of carbonyl (C=O) groups excluding carboxylic acids is 1. The van der Waals surface area contributed by atoms with Crippen molar-refractivity contribution in [2.75, 3.05) is 0 Å². The number of aromatic carboxylic acids is 1. The third-order valence-electron chi connectivity index (χ3n) is 2.22. The maximum Gasteiger partial charge on any atom is 0.355 e. The van der Waals surface area contributed by atoms with Crippen LogP contribution in [-0.2, 0) is 13.1 Å². The Hall–Kier alpha value is -1.45. The lowest BCUT2D eigenvalue weighted by molar-refractivity contribution is 0.0691. The van der Waals surface area contributed by atoms with Crippen molar-refractivity contribution < 1.29 is 14.7 Å². The maximum absolute atomic E-state index is 11.6. The molecule has 2 aromatic rings. The molecule has 2 aromatic heterocycles. The van der Waals surface area contributed by atoms with Crippen molar-refractivity contribution in [1.82, 2.24) is 15.6 Å². The van der Waals surface area contributed by atoms with Crippen LogP contribution in [0.3, 0.4) is 0 Å². The van der Waals surface area contributed by atoms with E-state index in [4.69, 9.17) is 5.11 Å². The van der Waals surface area contributed by atoms with Crippen LogP contribution in [0.25, 0.3) is 0 Å². The first-order chi connectivity index (χ1) is 9.54. The highest BCUT2D eigenvalue weighted by molar-refractivity contribution is 9.10. The summed E-state index contributed by atoms with van der Waals surface area (Å²) in [5.41, 5.74) is -0.00403. The molecule has 2 heterocycles. The standard InChI is InChI=1S/C11H10BrN3O3S2/c12-6-1-7(19-4-6)2-13-11(18)14-3-9-15-8(5-20-9)10(16)17/h1,4-5H,2-3H2,(H,16,17)(H2,13,14,18). The normalized spacial score (nSPS) is 10.2. The van der Waals surface area contributed by atoms with Crippen molar-refractivity contribution in [3.63, 3.8) is 0 Å². The monoisotopic (exact) mass is 375 g/mol. The fourth-order valence-corrected chi connectivity index (χ4v) is 3.42. The summed E-state index contributed by atoms with van der Waals surface area (Å²) in [6.07, 6.45) is 0. The Balaban J connectivity index is 1.75. The Morgan fingerprint density at radius 1 is 1.25 bits per heavy atom. The van der Waals surface area contributed by atoms with Crippen LogP contribution < -0.4 is 10.6 Å². The zero-order valence-corrected chi connectivity index (χ0v) is 13.3. The molecule has 0 aliphatic rings. The Bertz CT molecular complexity index is 626. The number of urea groups is 1. The number of carboxylic acids is 1. The summed E-state index contributed by atoms with van der Waals surface area (Å²) in [5, 5.41) is 18.0. The number of thiazole rings is 1. The van der Waals surface area contributed by atoms with Gasteiger partial charge in [0.25, 0.3) is 0 Å². The van der Waals surface area contributed by atoms with E-state index in [2.05, 4.69) is 31.5 Å². The van der Waals surface area contributed by atoms with Crippen molar-refractivity contribution in [2.24, 2.45) is 0 Å². The number of amides is 2. The Kier molecular flexibility index (Phi) is 5.10. The highest BCUT2D eigenvalue weighted by Gasteiger charge is 2.09. The summed E-state index contributed by atoms with van der Waals surface area (Å²) in [5.74, 6) is -1.07. The molecular weight excluding hydrogens is 366 g/mol. The van der Waals surface area contributed by atoms with E-state index in [0.717, 1.165) is 9.35 Å².